The molecule has 1 amide bonds. The maximum atomic E-state index is 12.5. The van der Waals surface area contributed by atoms with E-state index in [4.69, 9.17) is 9.72 Å². The number of carbonyl (C=O) groups is 1. The number of nitrogens with zero attached hydrogens (tertiary/aromatic N) is 4. The molecule has 2 fully saturated rings. The van der Waals surface area contributed by atoms with Crippen LogP contribution in [0.1, 0.15) is 44.7 Å². The molecule has 2 aliphatic rings. The van der Waals surface area contributed by atoms with E-state index < -0.39 is 0 Å². The van der Waals surface area contributed by atoms with Gasteiger partial charge in [-0.05, 0) is 58.1 Å². The van der Waals surface area contributed by atoms with E-state index in [1.54, 1.807) is 6.20 Å². The smallest absolute Gasteiger partial charge is 0.410 e. The molecule has 3 N–H and O–H groups in total. The van der Waals surface area contributed by atoms with E-state index in [-0.39, 0.29) is 24.2 Å². The van der Waals surface area contributed by atoms with Gasteiger partial charge in [-0.15, -0.1) is 0 Å². The van der Waals surface area contributed by atoms with Crippen LogP contribution in [0.3, 0.4) is 0 Å². The molecule has 32 heavy (non-hydrogen) atoms. The number of amides is 1. The molecular weight excluding hydrogens is 406 g/mol. The zero-order chi connectivity index (χ0) is 22.1. The van der Waals surface area contributed by atoms with Crippen LogP contribution in [0.2, 0.25) is 0 Å². The third-order valence-corrected chi connectivity index (χ3v) is 6.36. The van der Waals surface area contributed by atoms with Gasteiger partial charge in [-0.2, -0.15) is 5.10 Å². The van der Waals surface area contributed by atoms with E-state index in [1.807, 2.05) is 43.0 Å². The number of rotatable bonds is 5. The van der Waals surface area contributed by atoms with Gasteiger partial charge in [-0.3, -0.25) is 10.1 Å². The summed E-state index contributed by atoms with van der Waals surface area (Å²) in [6, 6.07) is 8.47. The number of aromatic nitrogens is 4. The van der Waals surface area contributed by atoms with Crippen molar-refractivity contribution in [3.8, 4) is 0 Å². The third-order valence-electron chi connectivity index (χ3n) is 6.36. The van der Waals surface area contributed by atoms with Crippen LogP contribution in [-0.4, -0.2) is 55.9 Å². The molecule has 3 atom stereocenters. The Balaban J connectivity index is 1.39. The maximum absolute atomic E-state index is 12.5. The largest absolute Gasteiger partial charge is 0.450 e. The number of hydrogen-bond acceptors (Lipinski definition) is 7. The quantitative estimate of drug-likeness (QED) is 0.546. The van der Waals surface area contributed by atoms with E-state index >= 15 is 0 Å². The van der Waals surface area contributed by atoms with E-state index in [0.717, 1.165) is 54.5 Å². The van der Waals surface area contributed by atoms with Gasteiger partial charge in [0.2, 0.25) is 0 Å². The van der Waals surface area contributed by atoms with Crippen molar-refractivity contribution in [3.05, 3.63) is 36.2 Å². The first-order valence-corrected chi connectivity index (χ1v) is 11.4. The summed E-state index contributed by atoms with van der Waals surface area (Å²) in [6.45, 7) is 4.23. The fourth-order valence-electron chi connectivity index (χ4n) is 5.05. The summed E-state index contributed by atoms with van der Waals surface area (Å²) in [7, 11) is 0. The molecule has 5 heterocycles. The highest BCUT2D eigenvalue weighted by Crippen LogP contribution is 2.36. The van der Waals surface area contributed by atoms with Crippen molar-refractivity contribution in [1.82, 2.24) is 25.1 Å². The van der Waals surface area contributed by atoms with Crippen LogP contribution in [0.25, 0.3) is 10.9 Å². The highest BCUT2D eigenvalue weighted by molar-refractivity contribution is 5.91. The van der Waals surface area contributed by atoms with Gasteiger partial charge in [0, 0.05) is 47.5 Å². The van der Waals surface area contributed by atoms with Crippen molar-refractivity contribution in [1.29, 1.82) is 0 Å². The van der Waals surface area contributed by atoms with E-state index in [9.17, 15) is 4.79 Å². The molecule has 0 saturated carbocycles. The first-order chi connectivity index (χ1) is 15.6. The molecule has 2 bridgehead atoms. The number of carbonyl (C=O) groups excluding carboxylic acids is 1. The summed E-state index contributed by atoms with van der Waals surface area (Å²) < 4.78 is 5.33. The Morgan fingerprint density at radius 1 is 1.25 bits per heavy atom. The van der Waals surface area contributed by atoms with Crippen LogP contribution in [-0.2, 0) is 4.74 Å². The lowest BCUT2D eigenvalue weighted by atomic mass is 9.82. The summed E-state index contributed by atoms with van der Waals surface area (Å²) in [5.41, 5.74) is 1.84. The summed E-state index contributed by atoms with van der Waals surface area (Å²) >= 11 is 0. The molecule has 9 nitrogen and oxygen atoms in total. The lowest BCUT2D eigenvalue weighted by Crippen LogP contribution is -2.57. The van der Waals surface area contributed by atoms with E-state index in [1.165, 1.54) is 0 Å². The first kappa shape index (κ1) is 20.5. The van der Waals surface area contributed by atoms with Crippen molar-refractivity contribution in [2.75, 3.05) is 17.2 Å². The topological polar surface area (TPSA) is 108 Å². The van der Waals surface area contributed by atoms with Crippen LogP contribution in [0.5, 0.6) is 0 Å². The van der Waals surface area contributed by atoms with Crippen molar-refractivity contribution >= 4 is 34.4 Å². The Morgan fingerprint density at radius 2 is 2.06 bits per heavy atom. The number of fused-ring (bicyclic) bond motifs is 3. The Kier molecular flexibility index (Phi) is 5.55. The molecule has 0 radical (unpaired) electrons. The predicted octanol–water partition coefficient (Wildman–Crippen LogP) is 4.36. The highest BCUT2D eigenvalue weighted by Gasteiger charge is 2.41. The molecular formula is C23H29N7O2. The SMILES string of the molecule is CCOC(=O)N1[C@@H]2CCC[C@H]1CC(Nc1nc(Nc3cc(C)[nH]n3)cc3ncccc13)C2. The number of hydrogen-bond donors (Lipinski definition) is 3. The number of anilines is 3. The van der Waals surface area contributed by atoms with Gasteiger partial charge in [0.05, 0.1) is 12.1 Å². The third kappa shape index (κ3) is 4.06. The lowest BCUT2D eigenvalue weighted by Gasteiger charge is -2.48. The van der Waals surface area contributed by atoms with Crippen LogP contribution in [0.15, 0.2) is 30.5 Å². The van der Waals surface area contributed by atoms with Gasteiger partial charge >= 0.3 is 6.09 Å². The molecule has 3 aromatic rings. The number of piperidine rings is 2. The second-order valence-electron chi connectivity index (χ2n) is 8.64. The summed E-state index contributed by atoms with van der Waals surface area (Å²) in [5, 5.41) is 15.1. The zero-order valence-electron chi connectivity index (χ0n) is 18.5. The number of nitrogens with one attached hydrogen (secondary N) is 3. The normalized spacial score (nSPS) is 22.6. The number of aromatic amines is 1. The number of aryl methyl sites for hydroxylation is 1. The second-order valence-corrected chi connectivity index (χ2v) is 8.64. The van der Waals surface area contributed by atoms with Crippen LogP contribution >= 0.6 is 0 Å². The number of ether oxygens (including phenoxy) is 1. The Hall–Kier alpha value is -3.36. The number of H-pyrrole nitrogens is 1. The molecule has 5 rings (SSSR count). The average molecular weight is 436 g/mol. The van der Waals surface area contributed by atoms with Crippen LogP contribution in [0.4, 0.5) is 22.2 Å². The van der Waals surface area contributed by atoms with E-state index in [2.05, 4.69) is 25.8 Å². The van der Waals surface area contributed by atoms with Gasteiger partial charge in [-0.25, -0.2) is 9.78 Å². The molecule has 0 aromatic carbocycles. The summed E-state index contributed by atoms with van der Waals surface area (Å²) in [6.07, 6.45) is 6.58. The van der Waals surface area contributed by atoms with Crippen LogP contribution < -0.4 is 10.6 Å². The van der Waals surface area contributed by atoms with Gasteiger partial charge < -0.3 is 20.3 Å². The Bertz CT molecular complexity index is 1100. The van der Waals surface area contributed by atoms with Crippen molar-refractivity contribution < 1.29 is 9.53 Å². The molecule has 2 aliphatic heterocycles. The van der Waals surface area contributed by atoms with Crippen molar-refractivity contribution in [3.63, 3.8) is 0 Å². The summed E-state index contributed by atoms with van der Waals surface area (Å²) in [4.78, 5) is 23.9. The molecule has 1 unspecified atom stereocenters. The van der Waals surface area contributed by atoms with E-state index in [0.29, 0.717) is 18.2 Å². The zero-order valence-corrected chi connectivity index (χ0v) is 18.5. The van der Waals surface area contributed by atoms with Crippen LogP contribution in [0, 0.1) is 6.92 Å². The standard InChI is InChI=1S/C23H29N7O2/c1-3-32-23(31)30-16-6-4-7-17(30)12-15(11-16)25-22-18-8-5-9-24-19(18)13-20(27-22)26-21-10-14(2)28-29-21/h5,8-10,13,15-17H,3-4,6-7,11-12H2,1-2H3,(H3,25,26,27,28,29)/t15?,16-,17+. The predicted molar refractivity (Wildman–Crippen MR) is 123 cm³/mol. The number of pyridine rings is 2. The lowest BCUT2D eigenvalue weighted by molar-refractivity contribution is 0.0218. The van der Waals surface area contributed by atoms with Gasteiger partial charge in [-0.1, -0.05) is 0 Å². The van der Waals surface area contributed by atoms with Gasteiger partial charge in [0.25, 0.3) is 0 Å². The molecule has 9 heteroatoms. The Labute approximate surface area is 187 Å². The molecule has 2 saturated heterocycles. The Morgan fingerprint density at radius 3 is 2.78 bits per heavy atom. The fourth-order valence-corrected chi connectivity index (χ4v) is 5.05. The average Bonchev–Trinajstić information content (AvgIpc) is 3.17. The van der Waals surface area contributed by atoms with Crippen molar-refractivity contribution in [2.24, 2.45) is 0 Å². The first-order valence-electron chi connectivity index (χ1n) is 11.4. The molecule has 0 spiro atoms. The highest BCUT2D eigenvalue weighted by atomic mass is 16.6. The minimum absolute atomic E-state index is 0.172. The molecule has 168 valence electrons. The minimum atomic E-state index is -0.172. The monoisotopic (exact) mass is 435 g/mol. The fraction of sp³-hybridized carbons (Fsp3) is 0.478. The maximum Gasteiger partial charge on any atom is 0.410 e. The molecule has 3 aromatic heterocycles. The summed E-state index contributed by atoms with van der Waals surface area (Å²) in [5.74, 6) is 2.21. The van der Waals surface area contributed by atoms with Gasteiger partial charge in [0.15, 0.2) is 5.82 Å². The van der Waals surface area contributed by atoms with Gasteiger partial charge in [0.1, 0.15) is 11.6 Å². The minimum Gasteiger partial charge on any atom is -0.450 e. The van der Waals surface area contributed by atoms with Crippen molar-refractivity contribution in [2.45, 2.75) is 64.1 Å². The second kappa shape index (κ2) is 8.64. The molecule has 0 aliphatic carbocycles.